The van der Waals surface area contributed by atoms with Crippen LogP contribution in [0.2, 0.25) is 0 Å². The minimum atomic E-state index is -1.07. The maximum Gasteiger partial charge on any atom is 0.328 e. The number of carboxylic acid groups (broad SMARTS) is 1. The molecule has 1 aromatic carbocycles. The SMILES string of the molecule is CN(Cc1cscn1)c1ccc(F)cc1C=CC(=O)O. The molecule has 4 nitrogen and oxygen atoms in total. The third-order valence-electron chi connectivity index (χ3n) is 2.69. The van der Waals surface area contributed by atoms with Crippen molar-refractivity contribution in [3.8, 4) is 0 Å². The largest absolute Gasteiger partial charge is 0.478 e. The van der Waals surface area contributed by atoms with Gasteiger partial charge in [0, 0.05) is 29.8 Å². The first-order valence-corrected chi connectivity index (χ1v) is 6.79. The topological polar surface area (TPSA) is 53.4 Å². The van der Waals surface area contributed by atoms with E-state index in [-0.39, 0.29) is 0 Å². The van der Waals surface area contributed by atoms with Gasteiger partial charge in [-0.05, 0) is 24.3 Å². The lowest BCUT2D eigenvalue weighted by atomic mass is 10.1. The molecule has 104 valence electrons. The zero-order valence-corrected chi connectivity index (χ0v) is 11.6. The van der Waals surface area contributed by atoms with Crippen molar-refractivity contribution in [2.24, 2.45) is 0 Å². The molecule has 6 heteroatoms. The Kier molecular flexibility index (Phi) is 4.47. The molecule has 0 fully saturated rings. The van der Waals surface area contributed by atoms with Crippen LogP contribution in [-0.4, -0.2) is 23.1 Å². The molecule has 0 spiro atoms. The molecule has 2 aromatic rings. The Morgan fingerprint density at radius 2 is 2.35 bits per heavy atom. The number of benzene rings is 1. The van der Waals surface area contributed by atoms with Gasteiger partial charge < -0.3 is 10.0 Å². The second-order valence-corrected chi connectivity index (χ2v) is 4.93. The van der Waals surface area contributed by atoms with Crippen molar-refractivity contribution in [2.75, 3.05) is 11.9 Å². The number of aliphatic carboxylic acids is 1. The van der Waals surface area contributed by atoms with Crippen molar-refractivity contribution >= 4 is 29.1 Å². The molecular weight excluding hydrogens is 279 g/mol. The lowest BCUT2D eigenvalue weighted by molar-refractivity contribution is -0.131. The van der Waals surface area contributed by atoms with Gasteiger partial charge in [-0.25, -0.2) is 14.2 Å². The summed E-state index contributed by atoms with van der Waals surface area (Å²) >= 11 is 1.51. The molecule has 0 bridgehead atoms. The van der Waals surface area contributed by atoms with Gasteiger partial charge in [0.25, 0.3) is 0 Å². The van der Waals surface area contributed by atoms with E-state index in [0.717, 1.165) is 17.5 Å². The van der Waals surface area contributed by atoms with Crippen molar-refractivity contribution in [1.29, 1.82) is 0 Å². The van der Waals surface area contributed by atoms with Crippen LogP contribution in [0.3, 0.4) is 0 Å². The third kappa shape index (κ3) is 3.64. The van der Waals surface area contributed by atoms with Crippen LogP contribution in [0.25, 0.3) is 6.08 Å². The van der Waals surface area contributed by atoms with Crippen molar-refractivity contribution < 1.29 is 14.3 Å². The Bertz CT molecular complexity index is 626. The monoisotopic (exact) mass is 292 g/mol. The number of hydrogen-bond donors (Lipinski definition) is 1. The molecule has 0 radical (unpaired) electrons. The van der Waals surface area contributed by atoms with Crippen LogP contribution in [0.15, 0.2) is 35.2 Å². The molecule has 1 heterocycles. The first kappa shape index (κ1) is 14.2. The van der Waals surface area contributed by atoms with Gasteiger partial charge in [0.05, 0.1) is 17.7 Å². The van der Waals surface area contributed by atoms with E-state index in [1.807, 2.05) is 17.3 Å². The van der Waals surface area contributed by atoms with Crippen LogP contribution < -0.4 is 4.90 Å². The minimum absolute atomic E-state index is 0.402. The highest BCUT2D eigenvalue weighted by atomic mass is 32.1. The van der Waals surface area contributed by atoms with E-state index >= 15 is 0 Å². The van der Waals surface area contributed by atoms with Gasteiger partial charge in [-0.2, -0.15) is 0 Å². The molecule has 1 aromatic heterocycles. The highest BCUT2D eigenvalue weighted by molar-refractivity contribution is 7.07. The quantitative estimate of drug-likeness (QED) is 0.861. The summed E-state index contributed by atoms with van der Waals surface area (Å²) in [6.07, 6.45) is 2.38. The van der Waals surface area contributed by atoms with E-state index in [4.69, 9.17) is 5.11 Å². The van der Waals surface area contributed by atoms with E-state index in [9.17, 15) is 9.18 Å². The maximum absolute atomic E-state index is 13.3. The number of carboxylic acids is 1. The van der Waals surface area contributed by atoms with Crippen LogP contribution >= 0.6 is 11.3 Å². The van der Waals surface area contributed by atoms with Gasteiger partial charge in [0.2, 0.25) is 0 Å². The van der Waals surface area contributed by atoms with Gasteiger partial charge in [0.15, 0.2) is 0 Å². The van der Waals surface area contributed by atoms with Crippen LogP contribution in [0, 0.1) is 5.82 Å². The predicted octanol–water partition coefficient (Wildman–Crippen LogP) is 3.02. The number of anilines is 1. The number of halogens is 1. The number of nitrogens with zero attached hydrogens (tertiary/aromatic N) is 2. The predicted molar refractivity (Wildman–Crippen MR) is 77.3 cm³/mol. The second kappa shape index (κ2) is 6.29. The zero-order valence-electron chi connectivity index (χ0n) is 10.8. The Hall–Kier alpha value is -2.21. The maximum atomic E-state index is 13.3. The molecule has 0 saturated carbocycles. The van der Waals surface area contributed by atoms with Gasteiger partial charge in [-0.1, -0.05) is 0 Å². The van der Waals surface area contributed by atoms with E-state index < -0.39 is 11.8 Å². The second-order valence-electron chi connectivity index (χ2n) is 4.21. The lowest BCUT2D eigenvalue weighted by Crippen LogP contribution is -2.17. The number of hydrogen-bond acceptors (Lipinski definition) is 4. The molecule has 0 unspecified atom stereocenters. The highest BCUT2D eigenvalue weighted by Gasteiger charge is 2.09. The van der Waals surface area contributed by atoms with E-state index in [0.29, 0.717) is 12.1 Å². The fraction of sp³-hybridized carbons (Fsp3) is 0.143. The molecule has 0 saturated heterocycles. The Labute approximate surface area is 119 Å². The normalized spacial score (nSPS) is 10.9. The van der Waals surface area contributed by atoms with E-state index in [2.05, 4.69) is 4.98 Å². The summed E-state index contributed by atoms with van der Waals surface area (Å²) in [7, 11) is 1.85. The summed E-state index contributed by atoms with van der Waals surface area (Å²) in [6.45, 7) is 0.572. The number of thiazole rings is 1. The molecule has 1 N–H and O–H groups in total. The minimum Gasteiger partial charge on any atom is -0.478 e. The van der Waals surface area contributed by atoms with Gasteiger partial charge in [-0.3, -0.25) is 0 Å². The van der Waals surface area contributed by atoms with E-state index in [1.165, 1.54) is 29.5 Å². The highest BCUT2D eigenvalue weighted by Crippen LogP contribution is 2.23. The smallest absolute Gasteiger partial charge is 0.328 e. The van der Waals surface area contributed by atoms with Gasteiger partial charge >= 0.3 is 5.97 Å². The summed E-state index contributed by atoms with van der Waals surface area (Å²) in [5, 5.41) is 10.6. The van der Waals surface area contributed by atoms with E-state index in [1.54, 1.807) is 11.6 Å². The standard InChI is InChI=1S/C14H13FN2O2S/c1-17(7-12-8-20-9-16-12)13-4-3-11(15)6-10(13)2-5-14(18)19/h2-6,8-9H,7H2,1H3,(H,18,19). The third-order valence-corrected chi connectivity index (χ3v) is 3.32. The summed E-state index contributed by atoms with van der Waals surface area (Å²) < 4.78 is 13.3. The van der Waals surface area contributed by atoms with Gasteiger partial charge in [0.1, 0.15) is 5.82 Å². The number of carbonyl (C=O) groups is 1. The Balaban J connectivity index is 2.27. The molecule has 0 aliphatic heterocycles. The molecule has 0 atom stereocenters. The average Bonchev–Trinajstić information content (AvgIpc) is 2.89. The summed E-state index contributed by atoms with van der Waals surface area (Å²) in [5.74, 6) is -1.47. The van der Waals surface area contributed by atoms with Crippen LogP contribution in [0.4, 0.5) is 10.1 Å². The van der Waals surface area contributed by atoms with Crippen LogP contribution in [0.5, 0.6) is 0 Å². The molecular formula is C14H13FN2O2S. The Morgan fingerprint density at radius 3 is 3.00 bits per heavy atom. The molecule has 0 amide bonds. The lowest BCUT2D eigenvalue weighted by Gasteiger charge is -2.20. The number of rotatable bonds is 5. The van der Waals surface area contributed by atoms with Crippen molar-refractivity contribution in [1.82, 2.24) is 4.98 Å². The summed E-state index contributed by atoms with van der Waals surface area (Å²) in [6, 6.07) is 4.29. The fourth-order valence-corrected chi connectivity index (χ4v) is 2.36. The molecule has 0 aliphatic rings. The molecule has 2 rings (SSSR count). The van der Waals surface area contributed by atoms with Crippen molar-refractivity contribution in [3.05, 3.63) is 52.2 Å². The first-order valence-electron chi connectivity index (χ1n) is 5.85. The summed E-state index contributed by atoms with van der Waals surface area (Å²) in [4.78, 5) is 16.7. The molecule has 20 heavy (non-hydrogen) atoms. The van der Waals surface area contributed by atoms with Crippen LogP contribution in [0.1, 0.15) is 11.3 Å². The first-order chi connectivity index (χ1) is 9.56. The average molecular weight is 292 g/mol. The van der Waals surface area contributed by atoms with Crippen LogP contribution in [-0.2, 0) is 11.3 Å². The van der Waals surface area contributed by atoms with Crippen molar-refractivity contribution in [3.63, 3.8) is 0 Å². The Morgan fingerprint density at radius 1 is 1.55 bits per heavy atom. The zero-order chi connectivity index (χ0) is 14.5. The number of aromatic nitrogens is 1. The van der Waals surface area contributed by atoms with Gasteiger partial charge in [-0.15, -0.1) is 11.3 Å². The summed E-state index contributed by atoms with van der Waals surface area (Å²) in [5.41, 5.74) is 3.93. The van der Waals surface area contributed by atoms with Crippen molar-refractivity contribution in [2.45, 2.75) is 6.54 Å². The molecule has 0 aliphatic carbocycles. The fourth-order valence-electron chi connectivity index (χ4n) is 1.81.